The van der Waals surface area contributed by atoms with Crippen LogP contribution in [0.25, 0.3) is 0 Å². The maximum absolute atomic E-state index is 12.0. The van der Waals surface area contributed by atoms with Crippen molar-refractivity contribution in [1.29, 1.82) is 0 Å². The quantitative estimate of drug-likeness (QED) is 0.651. The Morgan fingerprint density at radius 2 is 1.92 bits per heavy atom. The zero-order valence-electron chi connectivity index (χ0n) is 14.8. The average Bonchev–Trinajstić information content (AvgIpc) is 2.53. The number of nitrogens with zero attached hydrogens (tertiary/aromatic N) is 1. The van der Waals surface area contributed by atoms with Crippen molar-refractivity contribution in [1.82, 2.24) is 0 Å². The van der Waals surface area contributed by atoms with E-state index in [-0.39, 0.29) is 23.6 Å². The van der Waals surface area contributed by atoms with Crippen LogP contribution in [0.1, 0.15) is 31.9 Å². The van der Waals surface area contributed by atoms with Gasteiger partial charge in [-0.05, 0) is 35.6 Å². The second-order valence-corrected chi connectivity index (χ2v) is 6.87. The van der Waals surface area contributed by atoms with Gasteiger partial charge in [-0.15, -0.1) is 0 Å². The molecule has 0 aliphatic rings. The van der Waals surface area contributed by atoms with E-state index in [9.17, 15) is 14.9 Å². The number of ether oxygens (including phenoxy) is 1. The minimum absolute atomic E-state index is 0.0443. The minimum atomic E-state index is -0.508. The molecule has 0 atom stereocenters. The van der Waals surface area contributed by atoms with Gasteiger partial charge in [0, 0.05) is 17.8 Å². The molecule has 1 N–H and O–H groups in total. The van der Waals surface area contributed by atoms with Gasteiger partial charge in [-0.3, -0.25) is 14.9 Å². The van der Waals surface area contributed by atoms with Gasteiger partial charge in [0.15, 0.2) is 6.61 Å². The Kier molecular flexibility index (Phi) is 5.41. The van der Waals surface area contributed by atoms with E-state index in [4.69, 9.17) is 4.74 Å². The monoisotopic (exact) mass is 342 g/mol. The molecule has 0 radical (unpaired) electrons. The summed E-state index contributed by atoms with van der Waals surface area (Å²) >= 11 is 0. The van der Waals surface area contributed by atoms with Crippen LogP contribution in [0.4, 0.5) is 11.4 Å². The van der Waals surface area contributed by atoms with E-state index in [2.05, 4.69) is 26.1 Å². The number of carbonyl (C=O) groups excluding carboxylic acids is 1. The molecule has 2 aromatic rings. The van der Waals surface area contributed by atoms with Crippen LogP contribution >= 0.6 is 0 Å². The fraction of sp³-hybridized carbons (Fsp3) is 0.316. The summed E-state index contributed by atoms with van der Waals surface area (Å²) in [6.45, 7) is 8.17. The lowest BCUT2D eigenvalue weighted by atomic mass is 9.86. The number of benzene rings is 2. The summed E-state index contributed by atoms with van der Waals surface area (Å²) in [5.41, 5.74) is 2.48. The Morgan fingerprint density at radius 1 is 1.20 bits per heavy atom. The van der Waals surface area contributed by atoms with Crippen molar-refractivity contribution in [3.8, 4) is 5.75 Å². The molecule has 0 bridgehead atoms. The lowest BCUT2D eigenvalue weighted by molar-refractivity contribution is -0.384. The highest BCUT2D eigenvalue weighted by Crippen LogP contribution is 2.27. The van der Waals surface area contributed by atoms with E-state index >= 15 is 0 Å². The fourth-order valence-electron chi connectivity index (χ4n) is 2.32. The number of hydrogen-bond acceptors (Lipinski definition) is 4. The Hall–Kier alpha value is -2.89. The Bertz CT molecular complexity index is 794. The third-order valence-corrected chi connectivity index (χ3v) is 3.74. The lowest BCUT2D eigenvalue weighted by Crippen LogP contribution is -2.20. The summed E-state index contributed by atoms with van der Waals surface area (Å²) in [5.74, 6) is 0.266. The molecular weight excluding hydrogens is 320 g/mol. The predicted molar refractivity (Wildman–Crippen MR) is 97.1 cm³/mol. The Balaban J connectivity index is 1.98. The second kappa shape index (κ2) is 7.34. The molecule has 0 aromatic heterocycles. The van der Waals surface area contributed by atoms with Crippen molar-refractivity contribution < 1.29 is 14.5 Å². The molecule has 0 saturated carbocycles. The highest BCUT2D eigenvalue weighted by Gasteiger charge is 2.15. The zero-order chi connectivity index (χ0) is 18.6. The number of hydrogen-bond donors (Lipinski definition) is 1. The SMILES string of the molecule is Cc1cc(C(C)(C)C)ccc1OCC(=O)Nc1cccc([N+](=O)[O-])c1. The van der Waals surface area contributed by atoms with Gasteiger partial charge in [-0.2, -0.15) is 0 Å². The normalized spacial score (nSPS) is 11.0. The number of aryl methyl sites for hydroxylation is 1. The number of nitrogens with one attached hydrogen (secondary N) is 1. The number of rotatable bonds is 5. The Morgan fingerprint density at radius 3 is 2.52 bits per heavy atom. The number of nitro benzene ring substituents is 1. The van der Waals surface area contributed by atoms with Crippen molar-refractivity contribution >= 4 is 17.3 Å². The number of carbonyl (C=O) groups is 1. The van der Waals surface area contributed by atoms with E-state index in [0.29, 0.717) is 11.4 Å². The van der Waals surface area contributed by atoms with Gasteiger partial charge in [0.1, 0.15) is 5.75 Å². The van der Waals surface area contributed by atoms with E-state index < -0.39 is 4.92 Å². The molecule has 0 unspecified atom stereocenters. The van der Waals surface area contributed by atoms with Crippen LogP contribution < -0.4 is 10.1 Å². The topological polar surface area (TPSA) is 81.5 Å². The highest BCUT2D eigenvalue weighted by atomic mass is 16.6. The third kappa shape index (κ3) is 5.04. The van der Waals surface area contributed by atoms with Gasteiger partial charge < -0.3 is 10.1 Å². The summed E-state index contributed by atoms with van der Waals surface area (Å²) in [6.07, 6.45) is 0. The van der Waals surface area contributed by atoms with Gasteiger partial charge in [0.25, 0.3) is 11.6 Å². The van der Waals surface area contributed by atoms with Crippen molar-refractivity contribution in [3.63, 3.8) is 0 Å². The Labute approximate surface area is 147 Å². The molecule has 0 saturated heterocycles. The van der Waals surface area contributed by atoms with Crippen molar-refractivity contribution in [3.05, 3.63) is 63.7 Å². The molecule has 6 heteroatoms. The maximum atomic E-state index is 12.0. The highest BCUT2D eigenvalue weighted by molar-refractivity contribution is 5.92. The van der Waals surface area contributed by atoms with Gasteiger partial charge in [0.05, 0.1) is 4.92 Å². The van der Waals surface area contributed by atoms with Crippen LogP contribution in [-0.2, 0) is 10.2 Å². The molecule has 0 heterocycles. The third-order valence-electron chi connectivity index (χ3n) is 3.74. The summed E-state index contributed by atoms with van der Waals surface area (Å²) in [6, 6.07) is 11.7. The van der Waals surface area contributed by atoms with Gasteiger partial charge in [0.2, 0.25) is 0 Å². The largest absolute Gasteiger partial charge is 0.483 e. The molecule has 1 amide bonds. The fourth-order valence-corrected chi connectivity index (χ4v) is 2.32. The molecule has 2 rings (SSSR count). The number of amides is 1. The van der Waals surface area contributed by atoms with Crippen LogP contribution in [0.5, 0.6) is 5.75 Å². The zero-order valence-corrected chi connectivity index (χ0v) is 14.8. The molecule has 132 valence electrons. The second-order valence-electron chi connectivity index (χ2n) is 6.87. The van der Waals surface area contributed by atoms with Crippen molar-refractivity contribution in [2.24, 2.45) is 0 Å². The van der Waals surface area contributed by atoms with E-state index in [1.807, 2.05) is 25.1 Å². The van der Waals surface area contributed by atoms with Crippen LogP contribution in [0.3, 0.4) is 0 Å². The predicted octanol–water partition coefficient (Wildman–Crippen LogP) is 4.22. The standard InChI is InChI=1S/C19H22N2O4/c1-13-10-14(19(2,3)4)8-9-17(13)25-12-18(22)20-15-6-5-7-16(11-15)21(23)24/h5-11H,12H2,1-4H3,(H,20,22). The maximum Gasteiger partial charge on any atom is 0.271 e. The molecule has 25 heavy (non-hydrogen) atoms. The first-order valence-electron chi connectivity index (χ1n) is 7.95. The molecule has 0 spiro atoms. The van der Waals surface area contributed by atoms with E-state index in [1.54, 1.807) is 6.07 Å². The molecular formula is C19H22N2O4. The summed E-state index contributed by atoms with van der Waals surface area (Å²) in [7, 11) is 0. The van der Waals surface area contributed by atoms with Gasteiger partial charge in [-0.25, -0.2) is 0 Å². The first-order valence-corrected chi connectivity index (χ1v) is 7.95. The van der Waals surface area contributed by atoms with Crippen LogP contribution in [0.2, 0.25) is 0 Å². The summed E-state index contributed by atoms with van der Waals surface area (Å²) < 4.78 is 5.57. The summed E-state index contributed by atoms with van der Waals surface area (Å²) in [5, 5.41) is 13.3. The van der Waals surface area contributed by atoms with E-state index in [0.717, 1.165) is 5.56 Å². The lowest BCUT2D eigenvalue weighted by Gasteiger charge is -2.20. The minimum Gasteiger partial charge on any atom is -0.483 e. The molecule has 0 fully saturated rings. The van der Waals surface area contributed by atoms with Crippen LogP contribution in [0.15, 0.2) is 42.5 Å². The van der Waals surface area contributed by atoms with Crippen molar-refractivity contribution in [2.75, 3.05) is 11.9 Å². The first-order chi connectivity index (χ1) is 11.7. The number of nitro groups is 1. The molecule has 0 aliphatic heterocycles. The van der Waals surface area contributed by atoms with Gasteiger partial charge >= 0.3 is 0 Å². The number of anilines is 1. The van der Waals surface area contributed by atoms with Gasteiger partial charge in [-0.1, -0.05) is 39.0 Å². The molecule has 6 nitrogen and oxygen atoms in total. The van der Waals surface area contributed by atoms with E-state index in [1.165, 1.54) is 23.8 Å². The van der Waals surface area contributed by atoms with Crippen LogP contribution in [-0.4, -0.2) is 17.4 Å². The average molecular weight is 342 g/mol. The number of non-ortho nitro benzene ring substituents is 1. The first kappa shape index (κ1) is 18.4. The molecule has 0 aliphatic carbocycles. The van der Waals surface area contributed by atoms with Crippen LogP contribution in [0, 0.1) is 17.0 Å². The smallest absolute Gasteiger partial charge is 0.271 e. The van der Waals surface area contributed by atoms with Crippen molar-refractivity contribution in [2.45, 2.75) is 33.1 Å². The summed E-state index contributed by atoms with van der Waals surface area (Å²) in [4.78, 5) is 22.2. The molecule has 2 aromatic carbocycles.